The van der Waals surface area contributed by atoms with Crippen LogP contribution in [0.15, 0.2) is 18.2 Å². The summed E-state index contributed by atoms with van der Waals surface area (Å²) >= 11 is 0. The molecule has 19 heavy (non-hydrogen) atoms. The lowest BCUT2D eigenvalue weighted by Crippen LogP contribution is -2.35. The summed E-state index contributed by atoms with van der Waals surface area (Å²) in [4.78, 5) is 25.8. The van der Waals surface area contributed by atoms with Gasteiger partial charge in [-0.3, -0.25) is 9.59 Å². The molecule has 6 heteroatoms. The number of nitrogens with zero attached hydrogens (tertiary/aromatic N) is 2. The Balaban J connectivity index is 2.21. The molecule has 0 aromatic heterocycles. The van der Waals surface area contributed by atoms with Crippen LogP contribution in [-0.2, 0) is 16.1 Å². The van der Waals surface area contributed by atoms with Crippen molar-refractivity contribution in [2.24, 2.45) is 0 Å². The van der Waals surface area contributed by atoms with Gasteiger partial charge < -0.3 is 19.6 Å². The lowest BCUT2D eigenvalue weighted by Gasteiger charge is -2.27. The molecule has 2 amide bonds. The highest BCUT2D eigenvalue weighted by Gasteiger charge is 2.22. The number of anilines is 1. The topological polar surface area (TPSA) is 70.1 Å². The number of amides is 2. The summed E-state index contributed by atoms with van der Waals surface area (Å²) < 4.78 is 5.32. The Morgan fingerprint density at radius 1 is 1.53 bits per heavy atom. The van der Waals surface area contributed by atoms with E-state index in [1.165, 1.54) is 9.80 Å². The predicted octanol–water partition coefficient (Wildman–Crippen LogP) is -0.00750. The second-order valence-electron chi connectivity index (χ2n) is 4.45. The van der Waals surface area contributed by atoms with Crippen molar-refractivity contribution in [3.63, 3.8) is 0 Å². The summed E-state index contributed by atoms with van der Waals surface area (Å²) in [7, 11) is 3.30. The van der Waals surface area contributed by atoms with Crippen LogP contribution >= 0.6 is 0 Å². The van der Waals surface area contributed by atoms with E-state index in [2.05, 4.69) is 0 Å². The molecule has 102 valence electrons. The summed E-state index contributed by atoms with van der Waals surface area (Å²) in [5.41, 5.74) is 1.56. The molecular weight excluding hydrogens is 248 g/mol. The number of aliphatic hydroxyl groups is 1. The number of rotatable bonds is 3. The standard InChI is InChI=1S/C13H16N2O4/c1-14(12(17)7-16)6-9-3-4-11-10(5-9)15(2)13(18)8-19-11/h3-5,16H,6-8H2,1-2H3. The highest BCUT2D eigenvalue weighted by molar-refractivity contribution is 5.97. The zero-order valence-electron chi connectivity index (χ0n) is 10.9. The Labute approximate surface area is 111 Å². The molecule has 1 N–H and O–H groups in total. The summed E-state index contributed by atoms with van der Waals surface area (Å²) in [5, 5.41) is 8.79. The Morgan fingerprint density at radius 3 is 2.95 bits per heavy atom. The van der Waals surface area contributed by atoms with Gasteiger partial charge in [0.1, 0.15) is 12.4 Å². The Bertz CT molecular complexity index is 515. The van der Waals surface area contributed by atoms with E-state index in [0.717, 1.165) is 5.56 Å². The van der Waals surface area contributed by atoms with Crippen LogP contribution in [0.2, 0.25) is 0 Å². The minimum atomic E-state index is -0.511. The first-order valence-corrected chi connectivity index (χ1v) is 5.90. The van der Waals surface area contributed by atoms with Crippen LogP contribution in [-0.4, -0.2) is 49.1 Å². The quantitative estimate of drug-likeness (QED) is 0.833. The largest absolute Gasteiger partial charge is 0.482 e. The smallest absolute Gasteiger partial charge is 0.264 e. The Morgan fingerprint density at radius 2 is 2.26 bits per heavy atom. The number of hydrogen-bond donors (Lipinski definition) is 1. The van der Waals surface area contributed by atoms with Gasteiger partial charge in [-0.05, 0) is 17.7 Å². The van der Waals surface area contributed by atoms with Crippen molar-refractivity contribution >= 4 is 17.5 Å². The van der Waals surface area contributed by atoms with Crippen LogP contribution in [0.1, 0.15) is 5.56 Å². The second-order valence-corrected chi connectivity index (χ2v) is 4.45. The number of likely N-dealkylation sites (N-methyl/N-ethyl adjacent to an activating group) is 2. The van der Waals surface area contributed by atoms with Crippen LogP contribution < -0.4 is 9.64 Å². The van der Waals surface area contributed by atoms with Crippen molar-refractivity contribution in [1.82, 2.24) is 4.90 Å². The first-order valence-electron chi connectivity index (χ1n) is 5.90. The average Bonchev–Trinajstić information content (AvgIpc) is 2.42. The number of aliphatic hydroxyl groups excluding tert-OH is 1. The molecule has 0 atom stereocenters. The SMILES string of the molecule is CN(Cc1ccc2c(c1)N(C)C(=O)CO2)C(=O)CO. The molecule has 1 aromatic carbocycles. The van der Waals surface area contributed by atoms with Gasteiger partial charge in [0.25, 0.3) is 5.91 Å². The third-order valence-electron chi connectivity index (χ3n) is 3.09. The number of ether oxygens (including phenoxy) is 1. The van der Waals surface area contributed by atoms with Crippen molar-refractivity contribution in [1.29, 1.82) is 0 Å². The van der Waals surface area contributed by atoms with Gasteiger partial charge in [-0.25, -0.2) is 0 Å². The molecule has 1 aliphatic rings. The third-order valence-corrected chi connectivity index (χ3v) is 3.09. The van der Waals surface area contributed by atoms with Gasteiger partial charge >= 0.3 is 0 Å². The van der Waals surface area contributed by atoms with Crippen LogP contribution in [0.5, 0.6) is 5.75 Å². The number of carbonyl (C=O) groups is 2. The fourth-order valence-electron chi connectivity index (χ4n) is 1.90. The van der Waals surface area contributed by atoms with Crippen molar-refractivity contribution in [2.75, 3.05) is 32.2 Å². The molecule has 2 rings (SSSR count). The highest BCUT2D eigenvalue weighted by Crippen LogP contribution is 2.32. The van der Waals surface area contributed by atoms with Gasteiger partial charge in [-0.2, -0.15) is 0 Å². The number of fused-ring (bicyclic) bond motifs is 1. The summed E-state index contributed by atoms with van der Waals surface area (Å²) in [5.74, 6) is 0.199. The van der Waals surface area contributed by atoms with Crippen molar-refractivity contribution in [2.45, 2.75) is 6.54 Å². The molecule has 6 nitrogen and oxygen atoms in total. The lowest BCUT2D eigenvalue weighted by atomic mass is 10.1. The van der Waals surface area contributed by atoms with Gasteiger partial charge in [-0.15, -0.1) is 0 Å². The zero-order valence-corrected chi connectivity index (χ0v) is 10.9. The van der Waals surface area contributed by atoms with Crippen molar-refractivity contribution in [3.05, 3.63) is 23.8 Å². The highest BCUT2D eigenvalue weighted by atomic mass is 16.5. The maximum Gasteiger partial charge on any atom is 0.264 e. The second kappa shape index (κ2) is 5.27. The van der Waals surface area contributed by atoms with Crippen molar-refractivity contribution in [3.8, 4) is 5.75 Å². The molecular formula is C13H16N2O4. The molecule has 0 unspecified atom stereocenters. The molecule has 0 bridgehead atoms. The normalized spacial score (nSPS) is 13.8. The maximum atomic E-state index is 11.5. The molecule has 0 saturated heterocycles. The number of carbonyl (C=O) groups excluding carboxylic acids is 2. The summed E-state index contributed by atoms with van der Waals surface area (Å²) in [6, 6.07) is 5.43. The van der Waals surface area contributed by atoms with Crippen LogP contribution in [0.4, 0.5) is 5.69 Å². The predicted molar refractivity (Wildman–Crippen MR) is 68.9 cm³/mol. The first-order chi connectivity index (χ1) is 9.02. The number of hydrogen-bond acceptors (Lipinski definition) is 4. The first kappa shape index (κ1) is 13.4. The summed E-state index contributed by atoms with van der Waals surface area (Å²) in [6.45, 7) is -0.0939. The third kappa shape index (κ3) is 2.68. The average molecular weight is 264 g/mol. The van der Waals surface area contributed by atoms with E-state index in [4.69, 9.17) is 9.84 Å². The molecule has 1 heterocycles. The van der Waals surface area contributed by atoms with E-state index in [0.29, 0.717) is 18.0 Å². The fraction of sp³-hybridized carbons (Fsp3) is 0.385. The van der Waals surface area contributed by atoms with Crippen molar-refractivity contribution < 1.29 is 19.4 Å². The summed E-state index contributed by atoms with van der Waals surface area (Å²) in [6.07, 6.45) is 0. The monoisotopic (exact) mass is 264 g/mol. The zero-order chi connectivity index (χ0) is 14.0. The van der Waals surface area contributed by atoms with Gasteiger partial charge in [0.2, 0.25) is 5.91 Å². The Kier molecular flexibility index (Phi) is 3.71. The van der Waals surface area contributed by atoms with Crippen LogP contribution in [0.25, 0.3) is 0 Å². The van der Waals surface area contributed by atoms with Gasteiger partial charge in [0, 0.05) is 20.6 Å². The van der Waals surface area contributed by atoms with E-state index >= 15 is 0 Å². The minimum Gasteiger partial charge on any atom is -0.482 e. The number of benzene rings is 1. The Hall–Kier alpha value is -2.08. The lowest BCUT2D eigenvalue weighted by molar-refractivity contribution is -0.133. The minimum absolute atomic E-state index is 0.0474. The maximum absolute atomic E-state index is 11.5. The van der Waals surface area contributed by atoms with E-state index in [-0.39, 0.29) is 18.4 Å². The van der Waals surface area contributed by atoms with E-state index in [1.807, 2.05) is 12.1 Å². The van der Waals surface area contributed by atoms with E-state index in [9.17, 15) is 9.59 Å². The molecule has 0 radical (unpaired) electrons. The molecule has 0 spiro atoms. The van der Waals surface area contributed by atoms with Crippen LogP contribution in [0, 0.1) is 0 Å². The van der Waals surface area contributed by atoms with Gasteiger partial charge in [-0.1, -0.05) is 6.07 Å². The van der Waals surface area contributed by atoms with E-state index < -0.39 is 6.61 Å². The molecule has 0 saturated carbocycles. The molecule has 1 aromatic rings. The fourth-order valence-corrected chi connectivity index (χ4v) is 1.90. The molecule has 0 fully saturated rings. The molecule has 0 aliphatic carbocycles. The van der Waals surface area contributed by atoms with Gasteiger partial charge in [0.05, 0.1) is 5.69 Å². The van der Waals surface area contributed by atoms with Gasteiger partial charge in [0.15, 0.2) is 6.61 Å². The molecule has 1 aliphatic heterocycles. The van der Waals surface area contributed by atoms with Crippen LogP contribution in [0.3, 0.4) is 0 Å². The van der Waals surface area contributed by atoms with E-state index in [1.54, 1.807) is 20.2 Å².